The molecule has 2 unspecified atom stereocenters. The third kappa shape index (κ3) is 2.48. The summed E-state index contributed by atoms with van der Waals surface area (Å²) in [4.78, 5) is 0. The van der Waals surface area contributed by atoms with Crippen molar-refractivity contribution in [2.75, 3.05) is 6.61 Å². The second-order valence-corrected chi connectivity index (χ2v) is 5.22. The van der Waals surface area contributed by atoms with Gasteiger partial charge in [0.25, 0.3) is 0 Å². The minimum atomic E-state index is 0.114. The van der Waals surface area contributed by atoms with E-state index in [0.29, 0.717) is 0 Å². The van der Waals surface area contributed by atoms with Gasteiger partial charge in [0, 0.05) is 12.6 Å². The third-order valence-electron chi connectivity index (χ3n) is 2.54. The van der Waals surface area contributed by atoms with Gasteiger partial charge in [0.2, 0.25) is 0 Å². The minimum absolute atomic E-state index is 0.114. The normalized spacial score (nSPS) is 24.0. The number of ether oxygens (including phenoxy) is 1. The van der Waals surface area contributed by atoms with Crippen molar-refractivity contribution < 1.29 is 4.74 Å². The molecule has 2 N–H and O–H groups in total. The van der Waals surface area contributed by atoms with E-state index in [4.69, 9.17) is 22.1 Å². The maximum atomic E-state index is 6.06. The largest absolute Gasteiger partial charge is 0.377 e. The quantitative estimate of drug-likeness (QED) is 0.868. The second kappa shape index (κ2) is 4.62. The van der Waals surface area contributed by atoms with Crippen LogP contribution in [0.4, 0.5) is 0 Å². The van der Waals surface area contributed by atoms with E-state index in [1.165, 1.54) is 5.56 Å². The number of nitrogens with two attached hydrogens (primary N) is 1. The molecule has 2 rings (SSSR count). The molecule has 1 fully saturated rings. The Bertz CT molecular complexity index is 296. The SMILES string of the molecule is NC(Cc1csc(Cl)c1)C1CCCO1. The smallest absolute Gasteiger partial charge is 0.0931 e. The second-order valence-electron chi connectivity index (χ2n) is 3.68. The van der Waals surface area contributed by atoms with E-state index < -0.39 is 0 Å². The Morgan fingerprint density at radius 3 is 3.14 bits per heavy atom. The van der Waals surface area contributed by atoms with E-state index in [1.807, 2.05) is 6.07 Å². The van der Waals surface area contributed by atoms with Crippen LogP contribution in [0.2, 0.25) is 4.34 Å². The first-order valence-electron chi connectivity index (χ1n) is 4.86. The van der Waals surface area contributed by atoms with Crippen molar-refractivity contribution in [2.24, 2.45) is 5.73 Å². The number of hydrogen-bond acceptors (Lipinski definition) is 3. The zero-order chi connectivity index (χ0) is 9.97. The predicted molar refractivity (Wildman–Crippen MR) is 60.0 cm³/mol. The molecular formula is C10H14ClNOS. The summed E-state index contributed by atoms with van der Waals surface area (Å²) in [5, 5.41) is 2.07. The van der Waals surface area contributed by atoms with Crippen LogP contribution in [0.3, 0.4) is 0 Å². The van der Waals surface area contributed by atoms with Crippen molar-refractivity contribution >= 4 is 22.9 Å². The highest BCUT2D eigenvalue weighted by Crippen LogP contribution is 2.23. The molecule has 1 aliphatic heterocycles. The van der Waals surface area contributed by atoms with Crippen LogP contribution in [0.25, 0.3) is 0 Å². The molecule has 2 atom stereocenters. The van der Waals surface area contributed by atoms with Crippen LogP contribution in [0, 0.1) is 0 Å². The molecule has 1 aromatic rings. The molecule has 0 aromatic carbocycles. The Morgan fingerprint density at radius 2 is 2.57 bits per heavy atom. The zero-order valence-electron chi connectivity index (χ0n) is 7.91. The van der Waals surface area contributed by atoms with E-state index in [1.54, 1.807) is 11.3 Å². The maximum Gasteiger partial charge on any atom is 0.0931 e. The van der Waals surface area contributed by atoms with Crippen LogP contribution < -0.4 is 5.73 Å². The summed E-state index contributed by atoms with van der Waals surface area (Å²) >= 11 is 7.41. The van der Waals surface area contributed by atoms with Crippen LogP contribution in [0.15, 0.2) is 11.4 Å². The highest BCUT2D eigenvalue weighted by molar-refractivity contribution is 7.14. The van der Waals surface area contributed by atoms with Crippen molar-refractivity contribution in [1.29, 1.82) is 0 Å². The minimum Gasteiger partial charge on any atom is -0.377 e. The summed E-state index contributed by atoms with van der Waals surface area (Å²) in [5.41, 5.74) is 7.28. The van der Waals surface area contributed by atoms with Gasteiger partial charge >= 0.3 is 0 Å². The highest BCUT2D eigenvalue weighted by Gasteiger charge is 2.23. The molecule has 0 spiro atoms. The van der Waals surface area contributed by atoms with Gasteiger partial charge in [0.1, 0.15) is 0 Å². The van der Waals surface area contributed by atoms with Gasteiger partial charge in [0.15, 0.2) is 0 Å². The van der Waals surface area contributed by atoms with Crippen LogP contribution in [0.5, 0.6) is 0 Å². The summed E-state index contributed by atoms with van der Waals surface area (Å²) in [6.45, 7) is 0.864. The lowest BCUT2D eigenvalue weighted by atomic mass is 10.0. The van der Waals surface area contributed by atoms with Crippen LogP contribution in [-0.2, 0) is 11.2 Å². The lowest BCUT2D eigenvalue weighted by Gasteiger charge is -2.17. The molecule has 0 radical (unpaired) electrons. The van der Waals surface area contributed by atoms with Gasteiger partial charge in [-0.1, -0.05) is 11.6 Å². The fourth-order valence-corrected chi connectivity index (χ4v) is 2.72. The summed E-state index contributed by atoms with van der Waals surface area (Å²) in [6, 6.07) is 2.10. The van der Waals surface area contributed by atoms with Crippen LogP contribution in [-0.4, -0.2) is 18.8 Å². The van der Waals surface area contributed by atoms with Gasteiger partial charge in [0.05, 0.1) is 10.4 Å². The third-order valence-corrected chi connectivity index (χ3v) is 3.68. The molecule has 14 heavy (non-hydrogen) atoms. The number of thiophene rings is 1. The monoisotopic (exact) mass is 231 g/mol. The highest BCUT2D eigenvalue weighted by atomic mass is 35.5. The Morgan fingerprint density at radius 1 is 1.71 bits per heavy atom. The number of hydrogen-bond donors (Lipinski definition) is 1. The Labute approximate surface area is 93.0 Å². The summed E-state index contributed by atoms with van der Waals surface area (Å²) < 4.78 is 6.37. The first-order chi connectivity index (χ1) is 6.75. The average molecular weight is 232 g/mol. The summed E-state index contributed by atoms with van der Waals surface area (Å²) in [6.07, 6.45) is 3.35. The van der Waals surface area contributed by atoms with Gasteiger partial charge in [-0.3, -0.25) is 0 Å². The van der Waals surface area contributed by atoms with E-state index in [2.05, 4.69) is 5.38 Å². The predicted octanol–water partition coefficient (Wildman–Crippen LogP) is 2.45. The molecule has 0 aliphatic carbocycles. The lowest BCUT2D eigenvalue weighted by Crippen LogP contribution is -2.35. The molecule has 2 heterocycles. The van der Waals surface area contributed by atoms with Crippen molar-refractivity contribution in [3.05, 3.63) is 21.3 Å². The Kier molecular flexibility index (Phi) is 3.44. The van der Waals surface area contributed by atoms with Crippen LogP contribution in [0.1, 0.15) is 18.4 Å². The number of rotatable bonds is 3. The van der Waals surface area contributed by atoms with E-state index >= 15 is 0 Å². The lowest BCUT2D eigenvalue weighted by molar-refractivity contribution is 0.0900. The molecule has 1 aromatic heterocycles. The van der Waals surface area contributed by atoms with Crippen molar-refractivity contribution in [1.82, 2.24) is 0 Å². The molecule has 0 saturated carbocycles. The van der Waals surface area contributed by atoms with Gasteiger partial charge in [-0.25, -0.2) is 0 Å². The molecular weight excluding hydrogens is 218 g/mol. The topological polar surface area (TPSA) is 35.2 Å². The fraction of sp³-hybridized carbons (Fsp3) is 0.600. The number of halogens is 1. The standard InChI is InChI=1S/C10H14ClNOS/c11-10-5-7(6-14-10)4-8(12)9-2-1-3-13-9/h5-6,8-9H,1-4,12H2. The van der Waals surface area contributed by atoms with Crippen molar-refractivity contribution in [3.63, 3.8) is 0 Å². The van der Waals surface area contributed by atoms with Gasteiger partial charge < -0.3 is 10.5 Å². The first kappa shape index (κ1) is 10.4. The Hall–Kier alpha value is -0.0900. The van der Waals surface area contributed by atoms with E-state index in [-0.39, 0.29) is 12.1 Å². The summed E-state index contributed by atoms with van der Waals surface area (Å²) in [5.74, 6) is 0. The van der Waals surface area contributed by atoms with E-state index in [9.17, 15) is 0 Å². The molecule has 78 valence electrons. The van der Waals surface area contributed by atoms with Gasteiger partial charge in [-0.2, -0.15) is 0 Å². The molecule has 2 nitrogen and oxygen atoms in total. The molecule has 4 heteroatoms. The van der Waals surface area contributed by atoms with Gasteiger partial charge in [-0.15, -0.1) is 11.3 Å². The summed E-state index contributed by atoms with van der Waals surface area (Å²) in [7, 11) is 0. The average Bonchev–Trinajstić information content (AvgIpc) is 2.75. The van der Waals surface area contributed by atoms with Crippen molar-refractivity contribution in [2.45, 2.75) is 31.4 Å². The first-order valence-corrected chi connectivity index (χ1v) is 6.11. The molecule has 0 bridgehead atoms. The van der Waals surface area contributed by atoms with Crippen molar-refractivity contribution in [3.8, 4) is 0 Å². The Balaban J connectivity index is 1.90. The molecule has 1 saturated heterocycles. The van der Waals surface area contributed by atoms with E-state index in [0.717, 1.165) is 30.2 Å². The maximum absolute atomic E-state index is 6.06. The molecule has 1 aliphatic rings. The van der Waals surface area contributed by atoms with Crippen LogP contribution >= 0.6 is 22.9 Å². The molecule has 0 amide bonds. The van der Waals surface area contributed by atoms with Gasteiger partial charge in [-0.05, 0) is 36.3 Å². The fourth-order valence-electron chi connectivity index (χ4n) is 1.80. The zero-order valence-corrected chi connectivity index (χ0v) is 9.48.